The Balaban J connectivity index is 2.90. The second kappa shape index (κ2) is 5.47. The monoisotopic (exact) mass is 267 g/mol. The second-order valence-electron chi connectivity index (χ2n) is 3.94. The standard InChI is InChI=1S/C13H18BrN/c1-4-5-6-12(15)11-7-9(2)13(14)10(3)8-11/h4,7-8,12H,1,5-6,15H2,2-3H3. The van der Waals surface area contributed by atoms with E-state index in [2.05, 4.69) is 48.5 Å². The summed E-state index contributed by atoms with van der Waals surface area (Å²) < 4.78 is 1.18. The normalized spacial score (nSPS) is 12.5. The molecule has 0 aliphatic heterocycles. The number of hydrogen-bond donors (Lipinski definition) is 1. The maximum atomic E-state index is 6.11. The van der Waals surface area contributed by atoms with Crippen LogP contribution < -0.4 is 5.73 Å². The van der Waals surface area contributed by atoms with Gasteiger partial charge >= 0.3 is 0 Å². The maximum absolute atomic E-state index is 6.11. The molecule has 1 atom stereocenters. The molecule has 0 aromatic heterocycles. The first-order valence-corrected chi connectivity index (χ1v) is 5.98. The molecule has 0 aliphatic rings. The fourth-order valence-electron chi connectivity index (χ4n) is 1.66. The van der Waals surface area contributed by atoms with Crippen LogP contribution in [0.5, 0.6) is 0 Å². The van der Waals surface area contributed by atoms with E-state index in [4.69, 9.17) is 5.73 Å². The van der Waals surface area contributed by atoms with Crippen LogP contribution in [-0.4, -0.2) is 0 Å². The van der Waals surface area contributed by atoms with E-state index in [1.807, 2.05) is 6.08 Å². The van der Waals surface area contributed by atoms with Crippen molar-refractivity contribution in [2.45, 2.75) is 32.7 Å². The molecule has 1 aromatic rings. The zero-order chi connectivity index (χ0) is 11.4. The van der Waals surface area contributed by atoms with E-state index in [1.54, 1.807) is 0 Å². The van der Waals surface area contributed by atoms with Crippen molar-refractivity contribution in [3.05, 3.63) is 46.0 Å². The number of aryl methyl sites for hydroxylation is 2. The molecule has 15 heavy (non-hydrogen) atoms. The van der Waals surface area contributed by atoms with Crippen molar-refractivity contribution in [1.82, 2.24) is 0 Å². The number of rotatable bonds is 4. The van der Waals surface area contributed by atoms with Gasteiger partial charge in [-0.15, -0.1) is 6.58 Å². The summed E-state index contributed by atoms with van der Waals surface area (Å²) in [5.74, 6) is 0. The van der Waals surface area contributed by atoms with E-state index in [1.165, 1.54) is 21.2 Å². The Kier molecular flexibility index (Phi) is 4.55. The topological polar surface area (TPSA) is 26.0 Å². The summed E-state index contributed by atoms with van der Waals surface area (Å²) in [5.41, 5.74) is 9.82. The van der Waals surface area contributed by atoms with Crippen molar-refractivity contribution in [2.75, 3.05) is 0 Å². The fraction of sp³-hybridized carbons (Fsp3) is 0.385. The van der Waals surface area contributed by atoms with Crippen LogP contribution in [0, 0.1) is 13.8 Å². The van der Waals surface area contributed by atoms with Crippen molar-refractivity contribution in [2.24, 2.45) is 5.73 Å². The van der Waals surface area contributed by atoms with Gasteiger partial charge in [-0.3, -0.25) is 0 Å². The van der Waals surface area contributed by atoms with E-state index in [0.29, 0.717) is 0 Å². The minimum Gasteiger partial charge on any atom is -0.324 e. The first kappa shape index (κ1) is 12.5. The first-order valence-electron chi connectivity index (χ1n) is 5.19. The molecule has 2 N–H and O–H groups in total. The molecule has 0 saturated carbocycles. The summed E-state index contributed by atoms with van der Waals surface area (Å²) in [5, 5.41) is 0. The lowest BCUT2D eigenvalue weighted by Gasteiger charge is -2.14. The number of halogens is 1. The molecular weight excluding hydrogens is 250 g/mol. The van der Waals surface area contributed by atoms with E-state index < -0.39 is 0 Å². The van der Waals surface area contributed by atoms with E-state index >= 15 is 0 Å². The third-order valence-corrected chi connectivity index (χ3v) is 3.82. The van der Waals surface area contributed by atoms with Gasteiger partial charge in [0, 0.05) is 10.5 Å². The molecule has 0 fully saturated rings. The lowest BCUT2D eigenvalue weighted by atomic mass is 9.99. The lowest BCUT2D eigenvalue weighted by Crippen LogP contribution is -2.10. The molecule has 0 radical (unpaired) electrons. The number of allylic oxidation sites excluding steroid dienone is 1. The molecule has 1 aromatic carbocycles. The molecule has 0 heterocycles. The first-order chi connectivity index (χ1) is 7.06. The van der Waals surface area contributed by atoms with Gasteiger partial charge in [0.05, 0.1) is 0 Å². The van der Waals surface area contributed by atoms with Crippen LogP contribution in [0.25, 0.3) is 0 Å². The minimum atomic E-state index is 0.119. The van der Waals surface area contributed by atoms with Gasteiger partial charge in [0.2, 0.25) is 0 Å². The quantitative estimate of drug-likeness (QED) is 0.820. The van der Waals surface area contributed by atoms with Crippen LogP contribution in [0.1, 0.15) is 35.6 Å². The van der Waals surface area contributed by atoms with Crippen LogP contribution in [-0.2, 0) is 0 Å². The van der Waals surface area contributed by atoms with Gasteiger partial charge in [-0.2, -0.15) is 0 Å². The highest BCUT2D eigenvalue weighted by Gasteiger charge is 2.08. The zero-order valence-electron chi connectivity index (χ0n) is 9.39. The molecule has 0 spiro atoms. The van der Waals surface area contributed by atoms with E-state index in [0.717, 1.165) is 12.8 Å². The number of nitrogens with two attached hydrogens (primary N) is 1. The SMILES string of the molecule is C=CCCC(N)c1cc(C)c(Br)c(C)c1. The van der Waals surface area contributed by atoms with Gasteiger partial charge in [-0.25, -0.2) is 0 Å². The second-order valence-corrected chi connectivity index (χ2v) is 4.73. The van der Waals surface area contributed by atoms with Crippen molar-refractivity contribution in [1.29, 1.82) is 0 Å². The Bertz CT molecular complexity index is 335. The molecule has 1 nitrogen and oxygen atoms in total. The molecule has 0 amide bonds. The van der Waals surface area contributed by atoms with Gasteiger partial charge < -0.3 is 5.73 Å². The molecule has 82 valence electrons. The van der Waals surface area contributed by atoms with Gasteiger partial charge in [-0.05, 0) is 43.4 Å². The van der Waals surface area contributed by atoms with Gasteiger partial charge in [0.1, 0.15) is 0 Å². The Morgan fingerprint density at radius 1 is 1.40 bits per heavy atom. The van der Waals surface area contributed by atoms with E-state index in [-0.39, 0.29) is 6.04 Å². The Labute approximate surface area is 101 Å². The highest BCUT2D eigenvalue weighted by Crippen LogP contribution is 2.26. The van der Waals surface area contributed by atoms with Gasteiger partial charge in [0.25, 0.3) is 0 Å². The van der Waals surface area contributed by atoms with E-state index in [9.17, 15) is 0 Å². The molecule has 0 saturated heterocycles. The Morgan fingerprint density at radius 2 is 1.93 bits per heavy atom. The average Bonchev–Trinajstić information content (AvgIpc) is 2.21. The maximum Gasteiger partial charge on any atom is 0.0298 e. The van der Waals surface area contributed by atoms with Crippen LogP contribution >= 0.6 is 15.9 Å². The molecular formula is C13H18BrN. The summed E-state index contributed by atoms with van der Waals surface area (Å²) >= 11 is 3.56. The summed E-state index contributed by atoms with van der Waals surface area (Å²) in [4.78, 5) is 0. The highest BCUT2D eigenvalue weighted by molar-refractivity contribution is 9.10. The van der Waals surface area contributed by atoms with Gasteiger partial charge in [-0.1, -0.05) is 34.1 Å². The number of hydrogen-bond acceptors (Lipinski definition) is 1. The smallest absolute Gasteiger partial charge is 0.0298 e. The van der Waals surface area contributed by atoms with Crippen LogP contribution in [0.4, 0.5) is 0 Å². The fourth-order valence-corrected chi connectivity index (χ4v) is 1.89. The van der Waals surface area contributed by atoms with Crippen molar-refractivity contribution in [3.63, 3.8) is 0 Å². The molecule has 0 bridgehead atoms. The zero-order valence-corrected chi connectivity index (χ0v) is 11.0. The largest absolute Gasteiger partial charge is 0.324 e. The Morgan fingerprint density at radius 3 is 2.40 bits per heavy atom. The average molecular weight is 268 g/mol. The van der Waals surface area contributed by atoms with Crippen molar-refractivity contribution < 1.29 is 0 Å². The predicted molar refractivity (Wildman–Crippen MR) is 70.0 cm³/mol. The predicted octanol–water partition coefficient (Wildman–Crippen LogP) is 4.03. The minimum absolute atomic E-state index is 0.119. The summed E-state index contributed by atoms with van der Waals surface area (Å²) in [7, 11) is 0. The molecule has 1 rings (SSSR count). The van der Waals surface area contributed by atoms with Crippen molar-refractivity contribution >= 4 is 15.9 Å². The van der Waals surface area contributed by atoms with Crippen molar-refractivity contribution in [3.8, 4) is 0 Å². The van der Waals surface area contributed by atoms with Crippen LogP contribution in [0.2, 0.25) is 0 Å². The molecule has 1 unspecified atom stereocenters. The van der Waals surface area contributed by atoms with Gasteiger partial charge in [0.15, 0.2) is 0 Å². The summed E-state index contributed by atoms with van der Waals surface area (Å²) in [6, 6.07) is 4.43. The summed E-state index contributed by atoms with van der Waals surface area (Å²) in [6.07, 6.45) is 3.85. The molecule has 0 aliphatic carbocycles. The lowest BCUT2D eigenvalue weighted by molar-refractivity contribution is 0.660. The third-order valence-electron chi connectivity index (χ3n) is 2.57. The highest BCUT2D eigenvalue weighted by atomic mass is 79.9. The Hall–Kier alpha value is -0.600. The summed E-state index contributed by atoms with van der Waals surface area (Å²) in [6.45, 7) is 7.91. The van der Waals surface area contributed by atoms with Crippen LogP contribution in [0.15, 0.2) is 29.3 Å². The third kappa shape index (κ3) is 3.18. The van der Waals surface area contributed by atoms with Crippen LogP contribution in [0.3, 0.4) is 0 Å². The number of benzene rings is 1. The molecule has 2 heteroatoms.